The molecule has 2 aromatic heterocycles. The number of rotatable bonds is 8. The van der Waals surface area contributed by atoms with Crippen molar-refractivity contribution < 1.29 is 19.1 Å². The molecule has 2 aliphatic heterocycles. The van der Waals surface area contributed by atoms with Gasteiger partial charge in [-0.2, -0.15) is 5.26 Å². The summed E-state index contributed by atoms with van der Waals surface area (Å²) in [6.07, 6.45) is 5.02. The van der Waals surface area contributed by atoms with Crippen molar-refractivity contribution in [2.75, 3.05) is 37.0 Å². The van der Waals surface area contributed by atoms with Crippen molar-refractivity contribution in [2.45, 2.75) is 46.1 Å². The van der Waals surface area contributed by atoms with Crippen LogP contribution in [0.25, 0.3) is 0 Å². The summed E-state index contributed by atoms with van der Waals surface area (Å²) in [5, 5.41) is 12.3. The van der Waals surface area contributed by atoms with Crippen LogP contribution in [0.4, 0.5) is 16.4 Å². The number of carbonyl (C=O) groups is 3. The monoisotopic (exact) mass is 504 g/mol. The lowest BCUT2D eigenvalue weighted by atomic mass is 9.99. The van der Waals surface area contributed by atoms with Gasteiger partial charge in [-0.05, 0) is 54.9 Å². The quantitative estimate of drug-likeness (QED) is 0.546. The Labute approximate surface area is 216 Å². The molecule has 37 heavy (non-hydrogen) atoms. The molecule has 0 unspecified atom stereocenters. The molecule has 10 heteroatoms. The first-order valence-electron chi connectivity index (χ1n) is 12.6. The number of pyridine rings is 2. The van der Waals surface area contributed by atoms with Crippen LogP contribution in [0.3, 0.4) is 0 Å². The van der Waals surface area contributed by atoms with Crippen LogP contribution in [-0.4, -0.2) is 59.9 Å². The number of fused-ring (bicyclic) bond motifs is 1. The van der Waals surface area contributed by atoms with Gasteiger partial charge in [0.2, 0.25) is 5.91 Å². The minimum atomic E-state index is -0.408. The number of urea groups is 1. The lowest BCUT2D eigenvalue weighted by molar-refractivity contribution is -0.131. The second-order valence-electron chi connectivity index (χ2n) is 9.87. The molecule has 0 radical (unpaired) electrons. The molecule has 4 heterocycles. The molecule has 3 amide bonds. The zero-order chi connectivity index (χ0) is 26.5. The number of likely N-dealkylation sites (tertiary alicyclic amines) is 1. The number of amides is 3. The predicted molar refractivity (Wildman–Crippen MR) is 137 cm³/mol. The molecule has 2 atom stereocenters. The number of hydrogen-bond acceptors (Lipinski definition) is 7. The number of anilines is 2. The number of hydrogen-bond donors (Lipinski definition) is 1. The van der Waals surface area contributed by atoms with Gasteiger partial charge < -0.3 is 9.64 Å². The van der Waals surface area contributed by atoms with Gasteiger partial charge in [-0.15, -0.1) is 0 Å². The summed E-state index contributed by atoms with van der Waals surface area (Å²) in [6.45, 7) is 5.93. The molecule has 194 valence electrons. The predicted octanol–water partition coefficient (Wildman–Crippen LogP) is 3.34. The first-order chi connectivity index (χ1) is 17.8. The maximum Gasteiger partial charge on any atom is 0.328 e. The van der Waals surface area contributed by atoms with Crippen LogP contribution in [0.5, 0.6) is 0 Å². The van der Waals surface area contributed by atoms with Crippen LogP contribution < -0.4 is 10.2 Å². The van der Waals surface area contributed by atoms with Crippen molar-refractivity contribution in [3.8, 4) is 6.07 Å². The van der Waals surface area contributed by atoms with Crippen LogP contribution in [0.2, 0.25) is 0 Å². The van der Waals surface area contributed by atoms with Crippen molar-refractivity contribution in [2.24, 2.45) is 11.8 Å². The Hall–Kier alpha value is -3.84. The zero-order valence-corrected chi connectivity index (χ0v) is 21.5. The van der Waals surface area contributed by atoms with Gasteiger partial charge >= 0.3 is 6.03 Å². The highest BCUT2D eigenvalue weighted by Gasteiger charge is 2.30. The average Bonchev–Trinajstić information content (AvgIpc) is 3.20. The van der Waals surface area contributed by atoms with E-state index < -0.39 is 6.03 Å². The van der Waals surface area contributed by atoms with Gasteiger partial charge in [0.25, 0.3) is 0 Å². The van der Waals surface area contributed by atoms with Gasteiger partial charge in [-0.3, -0.25) is 19.8 Å². The first kappa shape index (κ1) is 26.2. The minimum absolute atomic E-state index is 0.0102. The topological polar surface area (TPSA) is 129 Å². The van der Waals surface area contributed by atoms with E-state index >= 15 is 0 Å². The van der Waals surface area contributed by atoms with Gasteiger partial charge in [0.15, 0.2) is 6.29 Å². The van der Waals surface area contributed by atoms with Gasteiger partial charge in [-0.25, -0.2) is 14.8 Å². The summed E-state index contributed by atoms with van der Waals surface area (Å²) >= 11 is 0. The number of ether oxygens (including phenoxy) is 1. The average molecular weight is 505 g/mol. The number of nitrogens with one attached hydrogen (secondary N) is 1. The molecule has 0 spiro atoms. The largest absolute Gasteiger partial charge is 0.384 e. The van der Waals surface area contributed by atoms with Crippen LogP contribution in [0.1, 0.15) is 59.4 Å². The Morgan fingerprint density at radius 3 is 2.84 bits per heavy atom. The summed E-state index contributed by atoms with van der Waals surface area (Å²) in [7, 11) is 1.63. The molecule has 0 bridgehead atoms. The van der Waals surface area contributed by atoms with Crippen molar-refractivity contribution >= 4 is 29.9 Å². The lowest BCUT2D eigenvalue weighted by Crippen LogP contribution is -2.40. The molecular formula is C27H32N6O4. The summed E-state index contributed by atoms with van der Waals surface area (Å²) in [5.74, 6) is 1.05. The summed E-state index contributed by atoms with van der Waals surface area (Å²) in [5.41, 5.74) is 3.04. The highest BCUT2D eigenvalue weighted by molar-refractivity contribution is 6.01. The van der Waals surface area contributed by atoms with Gasteiger partial charge in [0.05, 0.1) is 5.56 Å². The first-order valence-corrected chi connectivity index (χ1v) is 12.6. The fourth-order valence-electron chi connectivity index (χ4n) is 4.97. The second-order valence-corrected chi connectivity index (χ2v) is 9.87. The van der Waals surface area contributed by atoms with Crippen molar-refractivity contribution in [3.05, 3.63) is 46.3 Å². The summed E-state index contributed by atoms with van der Waals surface area (Å²) in [4.78, 5) is 49.6. The molecular weight excluding hydrogens is 472 g/mol. The smallest absolute Gasteiger partial charge is 0.328 e. The fraction of sp³-hybridized carbons (Fsp3) is 0.481. The highest BCUT2D eigenvalue weighted by Crippen LogP contribution is 2.29. The SMILES string of the molecule is COC[C@@H](C)Cc1cc(NC(=O)N2CCCc3cc(CN4CC[C@@H](C)C4=O)c(C=O)nc32)ncc1C#N. The van der Waals surface area contributed by atoms with Crippen LogP contribution in [-0.2, 0) is 28.9 Å². The molecule has 0 aromatic carbocycles. The van der Waals surface area contributed by atoms with Crippen molar-refractivity contribution in [1.82, 2.24) is 14.9 Å². The number of aromatic nitrogens is 2. The number of carbonyl (C=O) groups excluding carboxylic acids is 3. The second kappa shape index (κ2) is 11.5. The number of aryl methyl sites for hydroxylation is 1. The molecule has 10 nitrogen and oxygen atoms in total. The number of aldehydes is 1. The maximum atomic E-state index is 13.3. The Morgan fingerprint density at radius 1 is 1.35 bits per heavy atom. The third kappa shape index (κ3) is 5.78. The summed E-state index contributed by atoms with van der Waals surface area (Å²) in [6, 6.07) is 5.36. The highest BCUT2D eigenvalue weighted by atomic mass is 16.5. The molecule has 4 rings (SSSR count). The van der Waals surface area contributed by atoms with E-state index in [1.54, 1.807) is 18.1 Å². The van der Waals surface area contributed by atoms with E-state index in [2.05, 4.69) is 21.4 Å². The van der Waals surface area contributed by atoms with Crippen LogP contribution >= 0.6 is 0 Å². The molecule has 0 aliphatic carbocycles. The molecule has 2 aliphatic rings. The Balaban J connectivity index is 1.55. The van der Waals surface area contributed by atoms with Gasteiger partial charge in [-0.1, -0.05) is 13.8 Å². The molecule has 1 N–H and O–H groups in total. The summed E-state index contributed by atoms with van der Waals surface area (Å²) < 4.78 is 5.20. The molecule has 2 aromatic rings. The van der Waals surface area contributed by atoms with E-state index in [1.807, 2.05) is 19.9 Å². The van der Waals surface area contributed by atoms with Gasteiger partial charge in [0.1, 0.15) is 23.4 Å². The maximum absolute atomic E-state index is 13.3. The standard InChI is InChI=1S/C27H32N6O4/c1-17(16-37-3)9-20-11-24(29-13-22(20)12-28)31-27(36)33-7-4-5-19-10-21(23(15-34)30-25(19)33)14-32-8-6-18(2)26(32)35/h10-11,13,15,17-18H,4-9,14,16H2,1-3H3,(H,29,31,36)/t17-,18+/m0/s1. The van der Waals surface area contributed by atoms with Gasteiger partial charge in [0, 0.05) is 51.0 Å². The minimum Gasteiger partial charge on any atom is -0.384 e. The van der Waals surface area contributed by atoms with Crippen LogP contribution in [0, 0.1) is 23.2 Å². The number of nitriles is 1. The normalized spacial score (nSPS) is 17.8. The lowest BCUT2D eigenvalue weighted by Gasteiger charge is -2.29. The van der Waals surface area contributed by atoms with E-state index in [0.717, 1.165) is 30.4 Å². The zero-order valence-electron chi connectivity index (χ0n) is 21.5. The molecule has 0 saturated carbocycles. The van der Waals surface area contributed by atoms with E-state index in [4.69, 9.17) is 4.74 Å². The molecule has 1 fully saturated rings. The Kier molecular flexibility index (Phi) is 8.14. The van der Waals surface area contributed by atoms with E-state index in [-0.39, 0.29) is 23.4 Å². The Bertz CT molecular complexity index is 1240. The Morgan fingerprint density at radius 2 is 2.16 bits per heavy atom. The van der Waals surface area contributed by atoms with E-state index in [0.29, 0.717) is 61.7 Å². The third-order valence-electron chi connectivity index (χ3n) is 6.92. The van der Waals surface area contributed by atoms with E-state index in [9.17, 15) is 19.6 Å². The molecule has 1 saturated heterocycles. The number of methoxy groups -OCH3 is 1. The van der Waals surface area contributed by atoms with Crippen LogP contribution in [0.15, 0.2) is 18.3 Å². The van der Waals surface area contributed by atoms with E-state index in [1.165, 1.54) is 11.1 Å². The number of nitrogens with zero attached hydrogens (tertiary/aromatic N) is 5. The third-order valence-corrected chi connectivity index (χ3v) is 6.92. The van der Waals surface area contributed by atoms with Crippen molar-refractivity contribution in [3.63, 3.8) is 0 Å². The fourth-order valence-corrected chi connectivity index (χ4v) is 4.97. The van der Waals surface area contributed by atoms with Crippen molar-refractivity contribution in [1.29, 1.82) is 5.26 Å².